The van der Waals surface area contributed by atoms with E-state index in [9.17, 15) is 8.42 Å². The fourth-order valence-corrected chi connectivity index (χ4v) is 4.48. The summed E-state index contributed by atoms with van der Waals surface area (Å²) in [6.45, 7) is 5.90. The van der Waals surface area contributed by atoms with Gasteiger partial charge < -0.3 is 10.5 Å². The van der Waals surface area contributed by atoms with Gasteiger partial charge in [0.05, 0.1) is 11.5 Å². The smallest absolute Gasteiger partial charge is 0.243 e. The summed E-state index contributed by atoms with van der Waals surface area (Å²) in [5.41, 5.74) is 8.30. The zero-order valence-electron chi connectivity index (χ0n) is 12.8. The van der Waals surface area contributed by atoms with Crippen LogP contribution in [-0.2, 0) is 27.6 Å². The van der Waals surface area contributed by atoms with E-state index in [1.165, 1.54) is 4.31 Å². The van der Waals surface area contributed by atoms with E-state index in [4.69, 9.17) is 10.5 Å². The van der Waals surface area contributed by atoms with Gasteiger partial charge in [0.25, 0.3) is 0 Å². The largest absolute Gasteiger partial charge is 0.398 e. The maximum atomic E-state index is 13.0. The second-order valence-electron chi connectivity index (χ2n) is 5.24. The third kappa shape index (κ3) is 3.39. The van der Waals surface area contributed by atoms with Crippen LogP contribution in [0.5, 0.6) is 0 Å². The molecule has 0 spiro atoms. The van der Waals surface area contributed by atoms with Gasteiger partial charge in [-0.1, -0.05) is 13.8 Å². The molecule has 0 unspecified atom stereocenters. The van der Waals surface area contributed by atoms with Crippen LogP contribution in [0.25, 0.3) is 0 Å². The molecule has 2 rings (SSSR count). The fraction of sp³-hybridized carbons (Fsp3) is 0.600. The van der Waals surface area contributed by atoms with Crippen LogP contribution in [0.1, 0.15) is 31.4 Å². The van der Waals surface area contributed by atoms with Gasteiger partial charge >= 0.3 is 0 Å². The molecule has 1 aromatic carbocycles. The Morgan fingerprint density at radius 3 is 2.62 bits per heavy atom. The Kier molecular flexibility index (Phi) is 5.24. The molecule has 0 aromatic heterocycles. The summed E-state index contributed by atoms with van der Waals surface area (Å²) >= 11 is 0. The number of hydrogen-bond donors (Lipinski definition) is 1. The molecule has 0 bridgehead atoms. The third-order valence-electron chi connectivity index (χ3n) is 3.86. The molecule has 1 aliphatic rings. The highest BCUT2D eigenvalue weighted by Gasteiger charge is 2.28. The van der Waals surface area contributed by atoms with Crippen molar-refractivity contribution in [3.63, 3.8) is 0 Å². The Bertz CT molecular complexity index is 591. The lowest BCUT2D eigenvalue weighted by Crippen LogP contribution is -2.34. The molecular weight excluding hydrogens is 288 g/mol. The first-order chi connectivity index (χ1) is 10.0. The van der Waals surface area contributed by atoms with Crippen molar-refractivity contribution in [3.05, 3.63) is 23.3 Å². The van der Waals surface area contributed by atoms with Gasteiger partial charge in [-0.25, -0.2) is 8.42 Å². The molecule has 0 radical (unpaired) electrons. The molecule has 118 valence electrons. The van der Waals surface area contributed by atoms with Crippen LogP contribution >= 0.6 is 0 Å². The van der Waals surface area contributed by atoms with Crippen LogP contribution in [0.2, 0.25) is 0 Å². The average Bonchev–Trinajstić information content (AvgIpc) is 2.75. The predicted octanol–water partition coefficient (Wildman–Crippen LogP) is 1.80. The minimum absolute atomic E-state index is 0.365. The van der Waals surface area contributed by atoms with Crippen molar-refractivity contribution in [1.29, 1.82) is 0 Å². The van der Waals surface area contributed by atoms with E-state index in [0.717, 1.165) is 24.0 Å². The Morgan fingerprint density at radius 1 is 1.19 bits per heavy atom. The number of aryl methyl sites for hydroxylation is 1. The number of anilines is 1. The highest BCUT2D eigenvalue weighted by Crippen LogP contribution is 2.28. The molecule has 1 fully saturated rings. The second-order valence-corrected chi connectivity index (χ2v) is 7.15. The number of nitrogen functional groups attached to an aromatic ring is 1. The summed E-state index contributed by atoms with van der Waals surface area (Å²) < 4.78 is 32.8. The molecule has 6 heteroatoms. The highest BCUT2D eigenvalue weighted by atomic mass is 32.2. The number of ether oxygens (including phenoxy) is 1. The summed E-state index contributed by atoms with van der Waals surface area (Å²) in [6.07, 6.45) is 2.10. The molecule has 1 aromatic rings. The minimum Gasteiger partial charge on any atom is -0.398 e. The fourth-order valence-electron chi connectivity index (χ4n) is 2.64. The van der Waals surface area contributed by atoms with Gasteiger partial charge in [0, 0.05) is 25.4 Å². The van der Waals surface area contributed by atoms with Gasteiger partial charge in [0.1, 0.15) is 0 Å². The molecule has 0 amide bonds. The van der Waals surface area contributed by atoms with E-state index in [-0.39, 0.29) is 0 Å². The van der Waals surface area contributed by atoms with Crippen molar-refractivity contribution in [2.75, 3.05) is 32.0 Å². The van der Waals surface area contributed by atoms with Crippen LogP contribution in [0.4, 0.5) is 5.69 Å². The Hall–Kier alpha value is -1.11. The van der Waals surface area contributed by atoms with Crippen LogP contribution < -0.4 is 5.73 Å². The van der Waals surface area contributed by atoms with Gasteiger partial charge in [0.2, 0.25) is 10.0 Å². The van der Waals surface area contributed by atoms with E-state index in [1.54, 1.807) is 6.07 Å². The Labute approximate surface area is 127 Å². The van der Waals surface area contributed by atoms with Crippen LogP contribution in [0, 0.1) is 0 Å². The maximum Gasteiger partial charge on any atom is 0.243 e. The second kappa shape index (κ2) is 6.77. The van der Waals surface area contributed by atoms with Gasteiger partial charge in [-0.15, -0.1) is 0 Å². The molecule has 1 saturated heterocycles. The van der Waals surface area contributed by atoms with Gasteiger partial charge in [0.15, 0.2) is 0 Å². The number of hydrogen-bond acceptors (Lipinski definition) is 4. The number of sulfonamides is 1. The molecule has 21 heavy (non-hydrogen) atoms. The number of benzene rings is 1. The summed E-state index contributed by atoms with van der Waals surface area (Å²) in [7, 11) is -3.51. The first-order valence-corrected chi connectivity index (χ1v) is 8.93. The summed E-state index contributed by atoms with van der Waals surface area (Å²) in [5.74, 6) is 0. The monoisotopic (exact) mass is 312 g/mol. The lowest BCUT2D eigenvalue weighted by Gasteiger charge is -2.22. The van der Waals surface area contributed by atoms with Crippen molar-refractivity contribution in [3.8, 4) is 0 Å². The van der Waals surface area contributed by atoms with Crippen molar-refractivity contribution < 1.29 is 13.2 Å². The van der Waals surface area contributed by atoms with Crippen molar-refractivity contribution >= 4 is 15.7 Å². The molecule has 1 aliphatic heterocycles. The minimum atomic E-state index is -3.51. The topological polar surface area (TPSA) is 72.6 Å². The van der Waals surface area contributed by atoms with Gasteiger partial charge in [-0.3, -0.25) is 0 Å². The SMILES string of the molecule is CCc1cc(N)c(CC)c(S(=O)(=O)N2CCCOCC2)c1. The standard InChI is InChI=1S/C15H24N2O3S/c1-3-12-10-14(16)13(4-2)15(11-12)21(18,19)17-6-5-8-20-9-7-17/h10-11H,3-9,16H2,1-2H3. The zero-order chi connectivity index (χ0) is 15.5. The summed E-state index contributed by atoms with van der Waals surface area (Å²) in [6, 6.07) is 3.65. The summed E-state index contributed by atoms with van der Waals surface area (Å²) in [4.78, 5) is 0.365. The summed E-state index contributed by atoms with van der Waals surface area (Å²) in [5, 5.41) is 0. The van der Waals surface area contributed by atoms with Crippen LogP contribution in [0.3, 0.4) is 0 Å². The Balaban J connectivity index is 2.49. The normalized spacial score (nSPS) is 17.6. The van der Waals surface area contributed by atoms with E-state index >= 15 is 0 Å². The molecule has 0 saturated carbocycles. The van der Waals surface area contributed by atoms with E-state index in [2.05, 4.69) is 0 Å². The predicted molar refractivity (Wildman–Crippen MR) is 83.8 cm³/mol. The number of nitrogens with two attached hydrogens (primary N) is 1. The first-order valence-electron chi connectivity index (χ1n) is 7.49. The van der Waals surface area contributed by atoms with Gasteiger partial charge in [-0.05, 0) is 42.5 Å². The maximum absolute atomic E-state index is 13.0. The van der Waals surface area contributed by atoms with E-state index < -0.39 is 10.0 Å². The van der Waals surface area contributed by atoms with Crippen molar-refractivity contribution in [2.24, 2.45) is 0 Å². The van der Waals surface area contributed by atoms with Crippen molar-refractivity contribution in [2.45, 2.75) is 38.0 Å². The van der Waals surface area contributed by atoms with E-state index in [1.807, 2.05) is 19.9 Å². The van der Waals surface area contributed by atoms with Gasteiger partial charge in [-0.2, -0.15) is 4.31 Å². The first kappa shape index (κ1) is 16.3. The molecule has 5 nitrogen and oxygen atoms in total. The third-order valence-corrected chi connectivity index (χ3v) is 5.83. The lowest BCUT2D eigenvalue weighted by molar-refractivity contribution is 0.148. The Morgan fingerprint density at radius 2 is 1.95 bits per heavy atom. The molecular formula is C15H24N2O3S. The average molecular weight is 312 g/mol. The van der Waals surface area contributed by atoms with Crippen LogP contribution in [0.15, 0.2) is 17.0 Å². The molecule has 0 atom stereocenters. The molecule has 1 heterocycles. The number of nitrogens with zero attached hydrogens (tertiary/aromatic N) is 1. The number of rotatable bonds is 4. The quantitative estimate of drug-likeness (QED) is 0.861. The highest BCUT2D eigenvalue weighted by molar-refractivity contribution is 7.89. The van der Waals surface area contributed by atoms with Crippen molar-refractivity contribution in [1.82, 2.24) is 4.31 Å². The lowest BCUT2D eigenvalue weighted by atomic mass is 10.1. The molecule has 0 aliphatic carbocycles. The van der Waals surface area contributed by atoms with E-state index in [0.29, 0.717) is 43.3 Å². The molecule has 2 N–H and O–H groups in total. The van der Waals surface area contributed by atoms with Crippen LogP contribution in [-0.4, -0.2) is 39.0 Å². The zero-order valence-corrected chi connectivity index (χ0v) is 13.6.